The Balaban J connectivity index is 1.78. The number of carbonyl (C=O) groups excluding carboxylic acids is 1. The first-order valence-electron chi connectivity index (χ1n) is 9.32. The highest BCUT2D eigenvalue weighted by molar-refractivity contribution is 7.10. The van der Waals surface area contributed by atoms with E-state index in [2.05, 4.69) is 24.4 Å². The number of nitrogens with two attached hydrogens (primary N) is 1. The lowest BCUT2D eigenvalue weighted by molar-refractivity contribution is -0.703. The van der Waals surface area contributed by atoms with Crippen molar-refractivity contribution >= 4 is 22.9 Å². The van der Waals surface area contributed by atoms with Crippen molar-refractivity contribution in [3.63, 3.8) is 0 Å². The van der Waals surface area contributed by atoms with E-state index in [-0.39, 0.29) is 11.7 Å². The van der Waals surface area contributed by atoms with Crippen LogP contribution < -0.4 is 10.6 Å². The highest BCUT2D eigenvalue weighted by Gasteiger charge is 2.26. The number of halogens is 3. The molecule has 3 nitrogen and oxygen atoms in total. The van der Waals surface area contributed by atoms with Gasteiger partial charge in [-0.2, -0.15) is 0 Å². The number of amides is 1. The normalized spacial score (nSPS) is 13.1. The fourth-order valence-electron chi connectivity index (χ4n) is 3.04. The maximum absolute atomic E-state index is 13.9. The summed E-state index contributed by atoms with van der Waals surface area (Å²) in [6.07, 6.45) is 0.937. The van der Waals surface area contributed by atoms with Gasteiger partial charge in [0, 0.05) is 5.56 Å². The van der Waals surface area contributed by atoms with Crippen molar-refractivity contribution in [1.82, 2.24) is 0 Å². The topological polar surface area (TPSA) is 45.7 Å². The minimum Gasteiger partial charge on any atom is -0.326 e. The molecule has 152 valence electrons. The number of hydrogen-bond donors (Lipinski definition) is 2. The lowest BCUT2D eigenvalue weighted by atomic mass is 10.0. The second-order valence-corrected chi connectivity index (χ2v) is 7.76. The van der Waals surface area contributed by atoms with Crippen LogP contribution >= 0.6 is 11.3 Å². The van der Waals surface area contributed by atoms with Gasteiger partial charge in [-0.15, -0.1) is 11.3 Å². The van der Waals surface area contributed by atoms with Crippen molar-refractivity contribution in [1.29, 1.82) is 0 Å². The Kier molecular flexibility index (Phi) is 6.71. The molecule has 1 amide bonds. The lowest BCUT2D eigenvalue weighted by Gasteiger charge is -2.20. The van der Waals surface area contributed by atoms with Gasteiger partial charge in [0.2, 0.25) is 0 Å². The van der Waals surface area contributed by atoms with E-state index >= 15 is 0 Å². The Hall–Kier alpha value is -2.64. The number of carbonyl (C=O) groups is 1. The second kappa shape index (κ2) is 9.24. The van der Waals surface area contributed by atoms with E-state index in [0.717, 1.165) is 29.0 Å². The fourth-order valence-corrected chi connectivity index (χ4v) is 3.88. The minimum absolute atomic E-state index is 0.114. The highest BCUT2D eigenvalue weighted by Crippen LogP contribution is 2.24. The van der Waals surface area contributed by atoms with Crippen LogP contribution in [0.1, 0.15) is 35.9 Å². The molecule has 0 spiro atoms. The molecule has 1 aromatic heterocycles. The van der Waals surface area contributed by atoms with Crippen molar-refractivity contribution in [3.05, 3.63) is 87.4 Å². The van der Waals surface area contributed by atoms with Crippen molar-refractivity contribution in [2.24, 2.45) is 0 Å². The van der Waals surface area contributed by atoms with Crippen LogP contribution in [0.5, 0.6) is 0 Å². The van der Waals surface area contributed by atoms with Crippen molar-refractivity contribution < 1.29 is 23.3 Å². The zero-order valence-electron chi connectivity index (χ0n) is 16.1. The molecule has 0 bridgehead atoms. The fraction of sp³-hybridized carbons (Fsp3) is 0.227. The van der Waals surface area contributed by atoms with E-state index < -0.39 is 29.4 Å². The number of rotatable bonds is 7. The number of nitrogens with one attached hydrogen (secondary N) is 1. The third kappa shape index (κ3) is 4.86. The summed E-state index contributed by atoms with van der Waals surface area (Å²) < 4.78 is 40.4. The first-order valence-corrected chi connectivity index (χ1v) is 10.2. The number of benzene rings is 2. The van der Waals surface area contributed by atoms with Gasteiger partial charge in [-0.3, -0.25) is 4.79 Å². The van der Waals surface area contributed by atoms with Gasteiger partial charge in [0.25, 0.3) is 5.91 Å². The van der Waals surface area contributed by atoms with E-state index in [4.69, 9.17) is 0 Å². The molecule has 3 rings (SSSR count). The molecule has 3 aromatic rings. The first-order chi connectivity index (χ1) is 13.9. The molecule has 0 radical (unpaired) electrons. The van der Waals surface area contributed by atoms with Gasteiger partial charge < -0.3 is 10.6 Å². The number of quaternary nitrogens is 1. The third-order valence-corrected chi connectivity index (χ3v) is 5.74. The summed E-state index contributed by atoms with van der Waals surface area (Å²) in [6.45, 7) is 3.77. The van der Waals surface area contributed by atoms with Gasteiger partial charge >= 0.3 is 0 Å². The van der Waals surface area contributed by atoms with Crippen molar-refractivity contribution in [2.45, 2.75) is 32.4 Å². The monoisotopic (exact) mass is 419 g/mol. The molecule has 0 saturated carbocycles. The number of hydrogen-bond acceptors (Lipinski definition) is 2. The second-order valence-electron chi connectivity index (χ2n) is 6.78. The van der Waals surface area contributed by atoms with Gasteiger partial charge in [-0.1, -0.05) is 37.3 Å². The molecule has 29 heavy (non-hydrogen) atoms. The van der Waals surface area contributed by atoms with Crippen LogP contribution in [0, 0.1) is 17.5 Å². The van der Waals surface area contributed by atoms with E-state index in [1.165, 1.54) is 5.56 Å². The molecular weight excluding hydrogens is 397 g/mol. The summed E-state index contributed by atoms with van der Waals surface area (Å²) in [5, 5.41) is 6.20. The highest BCUT2D eigenvalue weighted by atomic mass is 32.1. The zero-order valence-corrected chi connectivity index (χ0v) is 16.9. The Morgan fingerprint density at radius 3 is 2.41 bits per heavy atom. The number of aryl methyl sites for hydroxylation is 1. The third-order valence-electron chi connectivity index (χ3n) is 4.78. The molecule has 3 N–H and O–H groups in total. The van der Waals surface area contributed by atoms with E-state index in [0.29, 0.717) is 0 Å². The summed E-state index contributed by atoms with van der Waals surface area (Å²) >= 11 is 1.59. The predicted octanol–water partition coefficient (Wildman–Crippen LogP) is 4.41. The molecule has 0 aliphatic rings. The van der Waals surface area contributed by atoms with Crippen LogP contribution in [0.25, 0.3) is 0 Å². The smallest absolute Gasteiger partial charge is 0.282 e. The number of anilines is 1. The average Bonchev–Trinajstić information content (AvgIpc) is 3.27. The Bertz CT molecular complexity index is 974. The molecular formula is C22H22F3N2OS+. The maximum Gasteiger partial charge on any atom is 0.282 e. The maximum atomic E-state index is 13.9. The Labute approximate surface area is 171 Å². The van der Waals surface area contributed by atoms with Gasteiger partial charge in [-0.25, -0.2) is 13.2 Å². The van der Waals surface area contributed by atoms with Gasteiger partial charge in [-0.05, 0) is 42.5 Å². The van der Waals surface area contributed by atoms with Gasteiger partial charge in [0.1, 0.15) is 6.04 Å². The first kappa shape index (κ1) is 21.1. The Morgan fingerprint density at radius 1 is 1.07 bits per heavy atom. The zero-order chi connectivity index (χ0) is 21.0. The molecule has 2 aromatic carbocycles. The standard InChI is InChI=1S/C22H21F3N2OS/c1-3-14-6-8-15(9-7-14)21(18-5-4-12-29-18)26-13(2)22(28)27-17-11-10-16(23)19(24)20(17)25/h4-13,21,26H,3H2,1-2H3,(H,27,28)/p+1/t13-,21-/m0/s1. The van der Waals surface area contributed by atoms with E-state index in [1.807, 2.05) is 35.0 Å². The van der Waals surface area contributed by atoms with Crippen LogP contribution in [0.3, 0.4) is 0 Å². The molecule has 0 unspecified atom stereocenters. The molecule has 1 heterocycles. The molecule has 0 aliphatic carbocycles. The van der Waals surface area contributed by atoms with E-state index in [1.54, 1.807) is 18.3 Å². The van der Waals surface area contributed by atoms with Crippen LogP contribution in [-0.4, -0.2) is 11.9 Å². The molecule has 0 fully saturated rings. The minimum atomic E-state index is -1.60. The largest absolute Gasteiger partial charge is 0.326 e. The van der Waals surface area contributed by atoms with E-state index in [9.17, 15) is 18.0 Å². The van der Waals surface area contributed by atoms with Crippen molar-refractivity contribution in [2.75, 3.05) is 5.32 Å². The summed E-state index contributed by atoms with van der Waals surface area (Å²) in [7, 11) is 0. The summed E-state index contributed by atoms with van der Waals surface area (Å²) in [6, 6.07) is 13.2. The lowest BCUT2D eigenvalue weighted by Crippen LogP contribution is -2.92. The Morgan fingerprint density at radius 2 is 1.79 bits per heavy atom. The van der Waals surface area contributed by atoms with Crippen LogP contribution in [0.15, 0.2) is 53.9 Å². The molecule has 2 atom stereocenters. The van der Waals surface area contributed by atoms with Crippen LogP contribution in [0.2, 0.25) is 0 Å². The van der Waals surface area contributed by atoms with Gasteiger partial charge in [0.05, 0.1) is 10.6 Å². The SMILES string of the molecule is CCc1ccc([C@H]([NH2+][C@@H](C)C(=O)Nc2ccc(F)c(F)c2F)c2cccs2)cc1. The molecule has 7 heteroatoms. The molecule has 0 aliphatic heterocycles. The van der Waals surface area contributed by atoms with Crippen molar-refractivity contribution in [3.8, 4) is 0 Å². The number of thiophene rings is 1. The average molecular weight is 419 g/mol. The summed E-state index contributed by atoms with van der Waals surface area (Å²) in [5.41, 5.74) is 1.88. The van der Waals surface area contributed by atoms with Crippen LogP contribution in [-0.2, 0) is 11.2 Å². The predicted molar refractivity (Wildman–Crippen MR) is 108 cm³/mol. The molecule has 0 saturated heterocycles. The van der Waals surface area contributed by atoms with Crippen LogP contribution in [0.4, 0.5) is 18.9 Å². The summed E-state index contributed by atoms with van der Waals surface area (Å²) in [5.74, 6) is -4.81. The quantitative estimate of drug-likeness (QED) is 0.548. The van der Waals surface area contributed by atoms with Gasteiger partial charge in [0.15, 0.2) is 23.5 Å². The summed E-state index contributed by atoms with van der Waals surface area (Å²) in [4.78, 5) is 13.7.